The molecule has 19 heavy (non-hydrogen) atoms. The number of aryl methyl sites for hydroxylation is 1. The van der Waals surface area contributed by atoms with Crippen molar-refractivity contribution in [1.29, 1.82) is 0 Å². The molecule has 5 heteroatoms. The summed E-state index contributed by atoms with van der Waals surface area (Å²) >= 11 is 0. The third kappa shape index (κ3) is 3.84. The fraction of sp³-hybridized carbons (Fsp3) is 0.571. The van der Waals surface area contributed by atoms with Crippen molar-refractivity contribution in [3.05, 3.63) is 23.7 Å². The summed E-state index contributed by atoms with van der Waals surface area (Å²) in [6.07, 6.45) is 0. The highest BCUT2D eigenvalue weighted by Crippen LogP contribution is 2.17. The second kappa shape index (κ2) is 6.41. The fourth-order valence-corrected chi connectivity index (χ4v) is 1.90. The van der Waals surface area contributed by atoms with Gasteiger partial charge in [0.25, 0.3) is 0 Å². The molecule has 1 heterocycles. The van der Waals surface area contributed by atoms with Crippen LogP contribution in [0.4, 0.5) is 0 Å². The van der Waals surface area contributed by atoms with Crippen LogP contribution in [0.5, 0.6) is 0 Å². The lowest BCUT2D eigenvalue weighted by molar-refractivity contribution is -0.155. The molecule has 0 saturated heterocycles. The number of carbonyl (C=O) groups excluding carboxylic acids is 2. The minimum atomic E-state index is -0.772. The van der Waals surface area contributed by atoms with Crippen LogP contribution >= 0.6 is 0 Å². The first kappa shape index (κ1) is 15.3. The van der Waals surface area contributed by atoms with E-state index in [1.54, 1.807) is 7.05 Å². The number of furan rings is 1. The molecule has 0 aliphatic heterocycles. The Bertz CT molecular complexity index is 450. The highest BCUT2D eigenvalue weighted by molar-refractivity contribution is 5.97. The van der Waals surface area contributed by atoms with E-state index in [-0.39, 0.29) is 11.8 Å². The van der Waals surface area contributed by atoms with Crippen LogP contribution in [0.3, 0.4) is 0 Å². The van der Waals surface area contributed by atoms with Gasteiger partial charge in [0.05, 0.1) is 13.7 Å². The van der Waals surface area contributed by atoms with Crippen molar-refractivity contribution in [2.75, 3.05) is 14.2 Å². The maximum atomic E-state index is 12.3. The molecule has 1 atom stereocenters. The molecule has 1 amide bonds. The molecule has 0 spiro atoms. The lowest BCUT2D eigenvalue weighted by atomic mass is 9.94. The summed E-state index contributed by atoms with van der Waals surface area (Å²) in [5.41, 5.74) is 0. The maximum Gasteiger partial charge on any atom is 0.318 e. The molecule has 0 aromatic carbocycles. The van der Waals surface area contributed by atoms with Gasteiger partial charge in [-0.05, 0) is 25.0 Å². The second-order valence-electron chi connectivity index (χ2n) is 4.95. The number of nitrogens with zero attached hydrogens (tertiary/aromatic N) is 1. The second-order valence-corrected chi connectivity index (χ2v) is 4.95. The van der Waals surface area contributed by atoms with Gasteiger partial charge in [0.1, 0.15) is 17.4 Å². The zero-order valence-corrected chi connectivity index (χ0v) is 12.1. The Labute approximate surface area is 113 Å². The quantitative estimate of drug-likeness (QED) is 0.604. The molecule has 0 N–H and O–H groups in total. The number of esters is 1. The standard InChI is InChI=1S/C14H21NO4/c1-9(2)12(14(17)18-5)13(16)15(4)8-11-7-6-10(3)19-11/h6-7,9,12H,8H2,1-5H3. The summed E-state index contributed by atoms with van der Waals surface area (Å²) in [7, 11) is 2.94. The van der Waals surface area contributed by atoms with Crippen LogP contribution < -0.4 is 0 Å². The van der Waals surface area contributed by atoms with E-state index in [4.69, 9.17) is 4.42 Å². The van der Waals surface area contributed by atoms with E-state index in [1.165, 1.54) is 12.0 Å². The number of amides is 1. The molecule has 1 aromatic rings. The zero-order chi connectivity index (χ0) is 14.6. The molecule has 0 radical (unpaired) electrons. The normalized spacial score (nSPS) is 12.3. The fourth-order valence-electron chi connectivity index (χ4n) is 1.90. The number of rotatable bonds is 5. The predicted molar refractivity (Wildman–Crippen MR) is 70.3 cm³/mol. The third-order valence-corrected chi connectivity index (χ3v) is 2.95. The van der Waals surface area contributed by atoms with Gasteiger partial charge in [-0.15, -0.1) is 0 Å². The van der Waals surface area contributed by atoms with Gasteiger partial charge >= 0.3 is 5.97 Å². The monoisotopic (exact) mass is 267 g/mol. The SMILES string of the molecule is COC(=O)C(C(=O)N(C)Cc1ccc(C)o1)C(C)C. The largest absolute Gasteiger partial charge is 0.468 e. The molecule has 0 aliphatic carbocycles. The van der Waals surface area contributed by atoms with Gasteiger partial charge < -0.3 is 14.1 Å². The molecule has 0 bridgehead atoms. The first-order valence-corrected chi connectivity index (χ1v) is 6.25. The Kier molecular flexibility index (Phi) is 5.15. The summed E-state index contributed by atoms with van der Waals surface area (Å²) < 4.78 is 10.1. The lowest BCUT2D eigenvalue weighted by Crippen LogP contribution is -2.39. The van der Waals surface area contributed by atoms with Crippen LogP contribution in [0.25, 0.3) is 0 Å². The van der Waals surface area contributed by atoms with Crippen molar-refractivity contribution < 1.29 is 18.7 Å². The first-order chi connectivity index (χ1) is 8.86. The first-order valence-electron chi connectivity index (χ1n) is 6.25. The lowest BCUT2D eigenvalue weighted by Gasteiger charge is -2.23. The molecular formula is C14H21NO4. The molecule has 1 rings (SSSR count). The Morgan fingerprint density at radius 2 is 2.00 bits per heavy atom. The van der Waals surface area contributed by atoms with E-state index in [1.807, 2.05) is 32.9 Å². The Morgan fingerprint density at radius 3 is 2.42 bits per heavy atom. The summed E-state index contributed by atoms with van der Waals surface area (Å²) in [5, 5.41) is 0. The molecule has 1 unspecified atom stereocenters. The molecule has 1 aromatic heterocycles. The van der Waals surface area contributed by atoms with E-state index >= 15 is 0 Å². The Balaban J connectivity index is 2.76. The van der Waals surface area contributed by atoms with E-state index in [0.29, 0.717) is 12.3 Å². The van der Waals surface area contributed by atoms with Crippen molar-refractivity contribution in [1.82, 2.24) is 4.90 Å². The van der Waals surface area contributed by atoms with Crippen LogP contribution in [0.15, 0.2) is 16.5 Å². The van der Waals surface area contributed by atoms with Crippen molar-refractivity contribution in [2.45, 2.75) is 27.3 Å². The highest BCUT2D eigenvalue weighted by Gasteiger charge is 2.33. The molecule has 0 aliphatic rings. The van der Waals surface area contributed by atoms with E-state index in [2.05, 4.69) is 4.74 Å². The van der Waals surface area contributed by atoms with Crippen LogP contribution in [0, 0.1) is 18.8 Å². The minimum Gasteiger partial charge on any atom is -0.468 e. The summed E-state index contributed by atoms with van der Waals surface area (Å²) in [4.78, 5) is 25.4. The van der Waals surface area contributed by atoms with Crippen molar-refractivity contribution in [3.8, 4) is 0 Å². The third-order valence-electron chi connectivity index (χ3n) is 2.95. The van der Waals surface area contributed by atoms with E-state index in [0.717, 1.165) is 5.76 Å². The zero-order valence-electron chi connectivity index (χ0n) is 12.1. The molecular weight excluding hydrogens is 246 g/mol. The number of carbonyl (C=O) groups is 2. The van der Waals surface area contributed by atoms with Crippen molar-refractivity contribution in [2.24, 2.45) is 11.8 Å². The van der Waals surface area contributed by atoms with Crippen molar-refractivity contribution in [3.63, 3.8) is 0 Å². The van der Waals surface area contributed by atoms with Gasteiger partial charge in [-0.1, -0.05) is 13.8 Å². The number of hydrogen-bond donors (Lipinski definition) is 0. The van der Waals surface area contributed by atoms with E-state index < -0.39 is 11.9 Å². The highest BCUT2D eigenvalue weighted by atomic mass is 16.5. The van der Waals surface area contributed by atoms with Crippen molar-refractivity contribution >= 4 is 11.9 Å². The molecule has 0 saturated carbocycles. The average Bonchev–Trinajstić information content (AvgIpc) is 2.73. The van der Waals surface area contributed by atoms with Gasteiger partial charge in [0.2, 0.25) is 5.91 Å². The topological polar surface area (TPSA) is 59.8 Å². The van der Waals surface area contributed by atoms with Gasteiger partial charge in [0.15, 0.2) is 0 Å². The van der Waals surface area contributed by atoms with Gasteiger partial charge in [-0.25, -0.2) is 0 Å². The number of hydrogen-bond acceptors (Lipinski definition) is 4. The Morgan fingerprint density at radius 1 is 1.37 bits per heavy atom. The average molecular weight is 267 g/mol. The van der Waals surface area contributed by atoms with Crippen LogP contribution in [-0.2, 0) is 20.9 Å². The molecule has 106 valence electrons. The van der Waals surface area contributed by atoms with Crippen LogP contribution in [-0.4, -0.2) is 30.9 Å². The van der Waals surface area contributed by atoms with Gasteiger partial charge in [-0.2, -0.15) is 0 Å². The van der Waals surface area contributed by atoms with E-state index in [9.17, 15) is 9.59 Å². The maximum absolute atomic E-state index is 12.3. The number of ether oxygens (including phenoxy) is 1. The number of methoxy groups -OCH3 is 1. The van der Waals surface area contributed by atoms with Gasteiger partial charge in [0, 0.05) is 7.05 Å². The van der Waals surface area contributed by atoms with Crippen LogP contribution in [0.1, 0.15) is 25.4 Å². The predicted octanol–water partition coefficient (Wildman–Crippen LogP) is 1.99. The Hall–Kier alpha value is -1.78. The molecule has 0 fully saturated rings. The molecule has 5 nitrogen and oxygen atoms in total. The summed E-state index contributed by atoms with van der Waals surface area (Å²) in [5.74, 6) is -0.143. The van der Waals surface area contributed by atoms with Gasteiger partial charge in [-0.3, -0.25) is 9.59 Å². The summed E-state index contributed by atoms with van der Waals surface area (Å²) in [6.45, 7) is 5.83. The van der Waals surface area contributed by atoms with Crippen LogP contribution in [0.2, 0.25) is 0 Å². The minimum absolute atomic E-state index is 0.110. The smallest absolute Gasteiger partial charge is 0.318 e. The summed E-state index contributed by atoms with van der Waals surface area (Å²) in [6, 6.07) is 3.66.